The molecule has 1 fully saturated rings. The van der Waals surface area contributed by atoms with Crippen LogP contribution in [0.3, 0.4) is 0 Å². The number of fused-ring (bicyclic) bond motifs is 3. The van der Waals surface area contributed by atoms with E-state index in [1.807, 2.05) is 12.1 Å². The van der Waals surface area contributed by atoms with Crippen molar-refractivity contribution in [3.63, 3.8) is 0 Å². The second kappa shape index (κ2) is 3.65. The van der Waals surface area contributed by atoms with Gasteiger partial charge in [0, 0.05) is 18.4 Å². The van der Waals surface area contributed by atoms with Gasteiger partial charge in [0.2, 0.25) is 5.91 Å². The summed E-state index contributed by atoms with van der Waals surface area (Å²) in [6, 6.07) is 4.30. The summed E-state index contributed by atoms with van der Waals surface area (Å²) in [6.07, 6.45) is 1.49. The van der Waals surface area contributed by atoms with E-state index in [9.17, 15) is 4.79 Å². The first-order valence-electron chi connectivity index (χ1n) is 5.77. The predicted molar refractivity (Wildman–Crippen MR) is 62.5 cm³/mol. The second-order valence-corrected chi connectivity index (χ2v) is 4.59. The van der Waals surface area contributed by atoms with E-state index in [-0.39, 0.29) is 11.9 Å². The van der Waals surface area contributed by atoms with Crippen LogP contribution in [0.4, 0.5) is 0 Å². The first kappa shape index (κ1) is 10.4. The molecule has 90 valence electrons. The molecule has 1 aliphatic carbocycles. The summed E-state index contributed by atoms with van der Waals surface area (Å²) in [5, 5.41) is 3.02. The summed E-state index contributed by atoms with van der Waals surface area (Å²) >= 11 is 0. The van der Waals surface area contributed by atoms with Crippen LogP contribution in [0.2, 0.25) is 0 Å². The van der Waals surface area contributed by atoms with Gasteiger partial charge in [0.1, 0.15) is 0 Å². The fourth-order valence-electron chi connectivity index (χ4n) is 2.92. The van der Waals surface area contributed by atoms with Crippen LogP contribution < -0.4 is 14.8 Å². The van der Waals surface area contributed by atoms with Gasteiger partial charge in [-0.05, 0) is 29.7 Å². The molecule has 1 N–H and O–H groups in total. The average molecular weight is 233 g/mol. The second-order valence-electron chi connectivity index (χ2n) is 4.59. The van der Waals surface area contributed by atoms with Crippen LogP contribution in [0.1, 0.15) is 23.5 Å². The minimum atomic E-state index is 0.153. The van der Waals surface area contributed by atoms with E-state index in [0.717, 1.165) is 17.9 Å². The quantitative estimate of drug-likeness (QED) is 0.835. The Labute approximate surface area is 99.9 Å². The minimum absolute atomic E-state index is 0.153. The fourth-order valence-corrected chi connectivity index (χ4v) is 2.92. The van der Waals surface area contributed by atoms with Crippen LogP contribution >= 0.6 is 0 Å². The third-order valence-corrected chi connectivity index (χ3v) is 3.72. The van der Waals surface area contributed by atoms with E-state index >= 15 is 0 Å². The molecule has 1 saturated heterocycles. The Kier molecular flexibility index (Phi) is 2.24. The summed E-state index contributed by atoms with van der Waals surface area (Å²) in [6.45, 7) is 0. The van der Waals surface area contributed by atoms with Gasteiger partial charge in [-0.2, -0.15) is 0 Å². The van der Waals surface area contributed by atoms with Gasteiger partial charge in [0.25, 0.3) is 0 Å². The molecular weight excluding hydrogens is 218 g/mol. The maximum atomic E-state index is 11.4. The van der Waals surface area contributed by atoms with Crippen molar-refractivity contribution in [2.24, 2.45) is 0 Å². The van der Waals surface area contributed by atoms with E-state index in [1.165, 1.54) is 11.1 Å². The molecule has 0 radical (unpaired) electrons. The molecule has 17 heavy (non-hydrogen) atoms. The largest absolute Gasteiger partial charge is 0.493 e. The van der Waals surface area contributed by atoms with E-state index in [0.29, 0.717) is 12.3 Å². The van der Waals surface area contributed by atoms with Crippen molar-refractivity contribution < 1.29 is 14.3 Å². The number of amides is 1. The molecule has 1 aromatic carbocycles. The van der Waals surface area contributed by atoms with Gasteiger partial charge in [-0.3, -0.25) is 4.79 Å². The molecule has 1 aromatic rings. The van der Waals surface area contributed by atoms with Crippen molar-refractivity contribution >= 4 is 5.91 Å². The van der Waals surface area contributed by atoms with Crippen LogP contribution in [0.15, 0.2) is 12.1 Å². The number of nitrogens with one attached hydrogen (secondary N) is 1. The molecule has 1 aliphatic heterocycles. The molecule has 1 unspecified atom stereocenters. The average Bonchev–Trinajstić information content (AvgIpc) is 2.82. The molecule has 2 aliphatic rings. The Balaban J connectivity index is 2.04. The van der Waals surface area contributed by atoms with Crippen molar-refractivity contribution in [2.45, 2.75) is 24.8 Å². The van der Waals surface area contributed by atoms with Crippen molar-refractivity contribution in [1.29, 1.82) is 0 Å². The van der Waals surface area contributed by atoms with E-state index < -0.39 is 0 Å². The van der Waals surface area contributed by atoms with Crippen molar-refractivity contribution in [1.82, 2.24) is 5.32 Å². The van der Waals surface area contributed by atoms with E-state index in [2.05, 4.69) is 5.32 Å². The number of benzene rings is 1. The highest BCUT2D eigenvalue weighted by Crippen LogP contribution is 2.43. The summed E-state index contributed by atoms with van der Waals surface area (Å²) in [5.74, 6) is 1.96. The van der Waals surface area contributed by atoms with Crippen molar-refractivity contribution in [3.05, 3.63) is 23.3 Å². The topological polar surface area (TPSA) is 47.6 Å². The lowest BCUT2D eigenvalue weighted by Gasteiger charge is -2.12. The zero-order valence-corrected chi connectivity index (χ0v) is 9.95. The minimum Gasteiger partial charge on any atom is -0.493 e. The monoisotopic (exact) mass is 233 g/mol. The van der Waals surface area contributed by atoms with E-state index in [4.69, 9.17) is 9.47 Å². The summed E-state index contributed by atoms with van der Waals surface area (Å²) < 4.78 is 10.6. The Hall–Kier alpha value is -1.71. The maximum Gasteiger partial charge on any atom is 0.220 e. The molecule has 1 heterocycles. The number of hydrogen-bond donors (Lipinski definition) is 1. The highest BCUT2D eigenvalue weighted by molar-refractivity contribution is 5.81. The Morgan fingerprint density at radius 1 is 1.18 bits per heavy atom. The number of methoxy groups -OCH3 is 2. The molecule has 0 saturated carbocycles. The number of carbonyl (C=O) groups excluding carboxylic acids is 1. The lowest BCUT2D eigenvalue weighted by Crippen LogP contribution is -2.26. The fraction of sp³-hybridized carbons (Fsp3) is 0.462. The van der Waals surface area contributed by atoms with Gasteiger partial charge >= 0.3 is 0 Å². The predicted octanol–water partition coefficient (Wildman–Crippen LogP) is 1.23. The maximum absolute atomic E-state index is 11.4. The summed E-state index contributed by atoms with van der Waals surface area (Å²) in [4.78, 5) is 11.4. The molecule has 3 rings (SSSR count). The zero-order valence-electron chi connectivity index (χ0n) is 9.95. The van der Waals surface area contributed by atoms with Gasteiger partial charge in [0.05, 0.1) is 14.2 Å². The molecule has 4 heteroatoms. The molecule has 2 atom stereocenters. The van der Waals surface area contributed by atoms with Gasteiger partial charge < -0.3 is 14.8 Å². The molecule has 0 bridgehead atoms. The Morgan fingerprint density at radius 3 is 2.59 bits per heavy atom. The van der Waals surface area contributed by atoms with Crippen LogP contribution in [-0.2, 0) is 11.2 Å². The molecule has 0 aromatic heterocycles. The molecule has 0 spiro atoms. The van der Waals surface area contributed by atoms with Gasteiger partial charge in [-0.25, -0.2) is 0 Å². The number of hydrogen-bond acceptors (Lipinski definition) is 3. The summed E-state index contributed by atoms with van der Waals surface area (Å²) in [5.41, 5.74) is 2.49. The number of rotatable bonds is 2. The smallest absolute Gasteiger partial charge is 0.220 e. The third kappa shape index (κ3) is 1.47. The number of ether oxygens (including phenoxy) is 2. The molecule has 1 amide bonds. The summed E-state index contributed by atoms with van der Waals surface area (Å²) in [7, 11) is 3.27. The highest BCUT2D eigenvalue weighted by atomic mass is 16.5. The van der Waals surface area contributed by atoms with Crippen LogP contribution in [-0.4, -0.2) is 26.2 Å². The van der Waals surface area contributed by atoms with Crippen molar-refractivity contribution in [2.75, 3.05) is 14.2 Å². The first-order valence-corrected chi connectivity index (χ1v) is 5.77. The SMILES string of the molecule is COc1cc2c(cc1OC)[C@H]1CC(=O)NC1C2. The van der Waals surface area contributed by atoms with Crippen LogP contribution in [0.5, 0.6) is 11.5 Å². The van der Waals surface area contributed by atoms with Gasteiger partial charge in [0.15, 0.2) is 11.5 Å². The zero-order chi connectivity index (χ0) is 12.0. The van der Waals surface area contributed by atoms with Crippen LogP contribution in [0, 0.1) is 0 Å². The van der Waals surface area contributed by atoms with Crippen molar-refractivity contribution in [3.8, 4) is 11.5 Å². The molecular formula is C13H15NO3. The Bertz CT molecular complexity index is 484. The van der Waals surface area contributed by atoms with Gasteiger partial charge in [-0.15, -0.1) is 0 Å². The lowest BCUT2D eigenvalue weighted by atomic mass is 9.98. The lowest BCUT2D eigenvalue weighted by molar-refractivity contribution is -0.119. The van der Waals surface area contributed by atoms with Gasteiger partial charge in [-0.1, -0.05) is 0 Å². The van der Waals surface area contributed by atoms with Crippen LogP contribution in [0.25, 0.3) is 0 Å². The normalized spacial score (nSPS) is 25.2. The van der Waals surface area contributed by atoms with E-state index in [1.54, 1.807) is 14.2 Å². The number of carbonyl (C=O) groups is 1. The highest BCUT2D eigenvalue weighted by Gasteiger charge is 2.40. The Morgan fingerprint density at radius 2 is 1.88 bits per heavy atom. The first-order chi connectivity index (χ1) is 8.22. The third-order valence-electron chi connectivity index (χ3n) is 3.72. The standard InChI is InChI=1S/C13H15NO3/c1-16-11-4-7-3-10-9(6-13(15)14-10)8(7)5-12(11)17-2/h4-5,9-10H,3,6H2,1-2H3,(H,14,15)/t9-,10?/m1/s1. The molecule has 4 nitrogen and oxygen atoms in total.